The van der Waals surface area contributed by atoms with Crippen LogP contribution in [0.1, 0.15) is 33.5 Å². The van der Waals surface area contributed by atoms with Crippen molar-refractivity contribution < 1.29 is 9.53 Å². The van der Waals surface area contributed by atoms with E-state index in [-0.39, 0.29) is 17.3 Å². The molecule has 5 aromatic rings. The molecule has 3 aromatic carbocycles. The van der Waals surface area contributed by atoms with Gasteiger partial charge in [-0.15, -0.1) is 0 Å². The van der Waals surface area contributed by atoms with Crippen LogP contribution >= 0.6 is 11.6 Å². The minimum atomic E-state index is -0.433. The van der Waals surface area contributed by atoms with Crippen molar-refractivity contribution in [2.45, 2.75) is 25.8 Å². The standard InChI is InChI=1S/C32H26ClN5O3/c33-25-9-3-11-27(17-25)38-32(40)30(29(20-36-38)41-28-13-12-22-6-1-7-23(22)16-28)37-26-10-2-8-24(15-26)31(39)35-19-21-5-4-14-34-18-21/h2-5,8-18,20,37H,1,6-7,19H2,(H,35,39). The number of nitrogens with one attached hydrogen (secondary N) is 2. The van der Waals surface area contributed by atoms with E-state index in [1.807, 2.05) is 24.3 Å². The Balaban J connectivity index is 1.32. The third-order valence-corrected chi connectivity index (χ3v) is 7.10. The van der Waals surface area contributed by atoms with Gasteiger partial charge in [0.05, 0.1) is 11.9 Å². The van der Waals surface area contributed by atoms with E-state index in [4.69, 9.17) is 16.3 Å². The molecule has 0 saturated carbocycles. The minimum absolute atomic E-state index is 0.174. The molecule has 0 unspecified atom stereocenters. The molecule has 0 aliphatic heterocycles. The summed E-state index contributed by atoms with van der Waals surface area (Å²) in [7, 11) is 0. The lowest BCUT2D eigenvalue weighted by Crippen LogP contribution is -2.24. The third-order valence-electron chi connectivity index (χ3n) is 6.86. The van der Waals surface area contributed by atoms with Crippen LogP contribution in [0.4, 0.5) is 11.4 Å². The Morgan fingerprint density at radius 3 is 2.68 bits per heavy atom. The predicted octanol–water partition coefficient (Wildman–Crippen LogP) is 6.24. The van der Waals surface area contributed by atoms with Crippen LogP contribution in [0, 0.1) is 0 Å². The van der Waals surface area contributed by atoms with E-state index in [9.17, 15) is 9.59 Å². The first-order valence-electron chi connectivity index (χ1n) is 13.3. The molecule has 2 aromatic heterocycles. The Kier molecular flexibility index (Phi) is 7.47. The maximum Gasteiger partial charge on any atom is 0.299 e. The molecule has 9 heteroatoms. The van der Waals surface area contributed by atoms with Crippen molar-refractivity contribution in [1.82, 2.24) is 20.1 Å². The summed E-state index contributed by atoms with van der Waals surface area (Å²) in [5.41, 5.74) is 4.69. The van der Waals surface area contributed by atoms with Crippen molar-refractivity contribution in [3.05, 3.63) is 135 Å². The number of halogens is 1. The SMILES string of the molecule is O=C(NCc1cccnc1)c1cccc(Nc2c(Oc3ccc4c(c3)CCC4)cnn(-c3cccc(Cl)c3)c2=O)c1. The molecule has 0 saturated heterocycles. The molecule has 2 N–H and O–H groups in total. The number of hydrogen-bond acceptors (Lipinski definition) is 6. The molecule has 1 aliphatic rings. The van der Waals surface area contributed by atoms with Crippen LogP contribution in [0.5, 0.6) is 11.5 Å². The highest BCUT2D eigenvalue weighted by molar-refractivity contribution is 6.30. The predicted molar refractivity (Wildman–Crippen MR) is 159 cm³/mol. The summed E-state index contributed by atoms with van der Waals surface area (Å²) in [6.45, 7) is 0.345. The second-order valence-corrected chi connectivity index (χ2v) is 10.2. The lowest BCUT2D eigenvalue weighted by Gasteiger charge is -2.15. The summed E-state index contributed by atoms with van der Waals surface area (Å²) in [5, 5.41) is 10.9. The van der Waals surface area contributed by atoms with E-state index >= 15 is 0 Å². The Hall–Kier alpha value is -4.95. The van der Waals surface area contributed by atoms with Crippen molar-refractivity contribution in [3.63, 3.8) is 0 Å². The second-order valence-electron chi connectivity index (χ2n) is 9.72. The molecule has 0 fully saturated rings. The molecule has 41 heavy (non-hydrogen) atoms. The largest absolute Gasteiger partial charge is 0.453 e. The molecule has 204 valence electrons. The highest BCUT2D eigenvalue weighted by Crippen LogP contribution is 2.32. The van der Waals surface area contributed by atoms with Crippen molar-refractivity contribution in [1.29, 1.82) is 0 Å². The summed E-state index contributed by atoms with van der Waals surface area (Å²) < 4.78 is 7.48. The zero-order chi connectivity index (χ0) is 28.2. The molecule has 6 rings (SSSR count). The smallest absolute Gasteiger partial charge is 0.299 e. The van der Waals surface area contributed by atoms with Gasteiger partial charge in [0.2, 0.25) is 0 Å². The quantitative estimate of drug-likeness (QED) is 0.232. The van der Waals surface area contributed by atoms with Crippen LogP contribution in [0.2, 0.25) is 5.02 Å². The molecule has 0 atom stereocenters. The lowest BCUT2D eigenvalue weighted by molar-refractivity contribution is 0.0951. The van der Waals surface area contributed by atoms with Gasteiger partial charge in [0.25, 0.3) is 11.5 Å². The maximum atomic E-state index is 13.8. The highest BCUT2D eigenvalue weighted by atomic mass is 35.5. The number of carbonyl (C=O) groups excluding carboxylic acids is 1. The van der Waals surface area contributed by atoms with Gasteiger partial charge in [0, 0.05) is 35.2 Å². The number of rotatable bonds is 8. The molecular formula is C32H26ClN5O3. The number of pyridine rings is 1. The number of aryl methyl sites for hydroxylation is 2. The first kappa shape index (κ1) is 26.3. The first-order chi connectivity index (χ1) is 20.0. The fourth-order valence-corrected chi connectivity index (χ4v) is 5.02. The van der Waals surface area contributed by atoms with E-state index in [1.165, 1.54) is 22.0 Å². The third kappa shape index (κ3) is 5.97. The minimum Gasteiger partial charge on any atom is -0.453 e. The van der Waals surface area contributed by atoms with Crippen LogP contribution in [0.25, 0.3) is 5.69 Å². The zero-order valence-corrected chi connectivity index (χ0v) is 22.8. The van der Waals surface area contributed by atoms with Gasteiger partial charge < -0.3 is 15.4 Å². The average molecular weight is 564 g/mol. The van der Waals surface area contributed by atoms with Crippen LogP contribution in [-0.2, 0) is 19.4 Å². The van der Waals surface area contributed by atoms with E-state index in [2.05, 4.69) is 26.8 Å². The number of amides is 1. The fourth-order valence-electron chi connectivity index (χ4n) is 4.83. The van der Waals surface area contributed by atoms with Crippen molar-refractivity contribution in [2.24, 2.45) is 0 Å². The molecule has 2 heterocycles. The monoisotopic (exact) mass is 563 g/mol. The van der Waals surface area contributed by atoms with Crippen LogP contribution in [0.15, 0.2) is 102 Å². The Morgan fingerprint density at radius 1 is 0.951 bits per heavy atom. The highest BCUT2D eigenvalue weighted by Gasteiger charge is 2.18. The molecule has 8 nitrogen and oxygen atoms in total. The molecule has 0 bridgehead atoms. The molecule has 1 amide bonds. The van der Waals surface area contributed by atoms with E-state index in [1.54, 1.807) is 60.9 Å². The van der Waals surface area contributed by atoms with Crippen molar-refractivity contribution >= 4 is 28.9 Å². The van der Waals surface area contributed by atoms with Crippen molar-refractivity contribution in [3.8, 4) is 17.2 Å². The lowest BCUT2D eigenvalue weighted by atomic mass is 10.1. The summed E-state index contributed by atoms with van der Waals surface area (Å²) in [5.74, 6) is 0.634. The van der Waals surface area contributed by atoms with Gasteiger partial charge in [-0.1, -0.05) is 35.9 Å². The molecular weight excluding hydrogens is 538 g/mol. The average Bonchev–Trinajstić information content (AvgIpc) is 3.46. The maximum absolute atomic E-state index is 13.8. The summed E-state index contributed by atoms with van der Waals surface area (Å²) in [4.78, 5) is 30.8. The molecule has 1 aliphatic carbocycles. The van der Waals surface area contributed by atoms with Gasteiger partial charge in [0.1, 0.15) is 5.75 Å². The Labute approximate surface area is 241 Å². The number of nitrogens with zero attached hydrogens (tertiary/aromatic N) is 3. The second kappa shape index (κ2) is 11.7. The van der Waals surface area contributed by atoms with Crippen LogP contribution in [-0.4, -0.2) is 20.7 Å². The summed E-state index contributed by atoms with van der Waals surface area (Å²) >= 11 is 6.19. The van der Waals surface area contributed by atoms with Gasteiger partial charge in [-0.05, 0) is 90.6 Å². The van der Waals surface area contributed by atoms with Gasteiger partial charge >= 0.3 is 0 Å². The Morgan fingerprint density at radius 2 is 1.83 bits per heavy atom. The van der Waals surface area contributed by atoms with Gasteiger partial charge in [0.15, 0.2) is 11.4 Å². The number of benzene rings is 3. The number of fused-ring (bicyclic) bond motifs is 1. The normalized spacial score (nSPS) is 12.0. The van der Waals surface area contributed by atoms with Gasteiger partial charge in [-0.25, -0.2) is 0 Å². The number of hydrogen-bond donors (Lipinski definition) is 2. The van der Waals surface area contributed by atoms with Gasteiger partial charge in [-0.3, -0.25) is 14.6 Å². The topological polar surface area (TPSA) is 98.1 Å². The molecule has 0 spiro atoms. The zero-order valence-electron chi connectivity index (χ0n) is 22.0. The van der Waals surface area contributed by atoms with E-state index in [0.717, 1.165) is 24.8 Å². The molecule has 0 radical (unpaired) electrons. The number of carbonyl (C=O) groups is 1. The number of ether oxygens (including phenoxy) is 1. The van der Waals surface area contributed by atoms with E-state index < -0.39 is 5.56 Å². The number of anilines is 2. The van der Waals surface area contributed by atoms with Crippen LogP contribution < -0.4 is 20.9 Å². The number of aromatic nitrogens is 3. The Bertz CT molecular complexity index is 1790. The van der Waals surface area contributed by atoms with Crippen molar-refractivity contribution in [2.75, 3.05) is 5.32 Å². The van der Waals surface area contributed by atoms with Gasteiger partial charge in [-0.2, -0.15) is 9.78 Å². The fraction of sp³-hybridized carbons (Fsp3) is 0.125. The summed E-state index contributed by atoms with van der Waals surface area (Å²) in [6, 6.07) is 23.5. The van der Waals surface area contributed by atoms with E-state index in [0.29, 0.717) is 34.3 Å². The van der Waals surface area contributed by atoms with Crippen LogP contribution in [0.3, 0.4) is 0 Å². The first-order valence-corrected chi connectivity index (χ1v) is 13.6. The summed E-state index contributed by atoms with van der Waals surface area (Å²) in [6.07, 6.45) is 8.07.